The van der Waals surface area contributed by atoms with Crippen molar-refractivity contribution in [2.24, 2.45) is 35.1 Å². The number of phenolic OH excluding ortho intramolecular Hbond substituents is 1. The number of carbonyl (C=O) groups excluding carboxylic acids is 10. The SMILES string of the molecule is CC[C@H](C)[C@@H]1NC(=O)CNC(=O)C2CC(=O)[C@H]([C@@H](C)[C@@H](O)COC(=O)CCCCCCCN)NC(=O)[C@@H]3CC(O)CN3C(=O)[C@H](CC(N)=O)CC(=O)C(C[S@@](=O)c3[nH]c4cc(O)ccc4c3C2)NC(=O)CNC1=O. The summed E-state index contributed by atoms with van der Waals surface area (Å²) in [7, 11) is -2.34. The summed E-state index contributed by atoms with van der Waals surface area (Å²) >= 11 is 0. The zero-order valence-electron chi connectivity index (χ0n) is 42.0. The quantitative estimate of drug-likeness (QED) is 0.0686. The van der Waals surface area contributed by atoms with Crippen LogP contribution in [0, 0.1) is 23.7 Å². The topological polar surface area (TPSA) is 389 Å². The number of rotatable bonds is 15. The van der Waals surface area contributed by atoms with E-state index in [4.69, 9.17) is 16.2 Å². The number of aromatic hydroxyl groups is 1. The Morgan fingerprint density at radius 2 is 1.54 bits per heavy atom. The van der Waals surface area contributed by atoms with Crippen LogP contribution in [0.5, 0.6) is 5.75 Å². The number of nitrogens with one attached hydrogen (secondary N) is 6. The Morgan fingerprint density at radius 1 is 0.865 bits per heavy atom. The number of nitrogens with zero attached hydrogens (tertiary/aromatic N) is 1. The van der Waals surface area contributed by atoms with Gasteiger partial charge in [0, 0.05) is 61.9 Å². The number of H-pyrrole nitrogens is 1. The average molecular weight is 1060 g/mol. The van der Waals surface area contributed by atoms with Crippen LogP contribution in [0.3, 0.4) is 0 Å². The first-order chi connectivity index (χ1) is 35.1. The summed E-state index contributed by atoms with van der Waals surface area (Å²) in [6, 6.07) is -2.12. The van der Waals surface area contributed by atoms with Crippen molar-refractivity contribution in [3.63, 3.8) is 0 Å². The van der Waals surface area contributed by atoms with Crippen molar-refractivity contribution in [2.45, 2.75) is 139 Å². The number of amides is 7. The molecule has 1 saturated heterocycles. The van der Waals surface area contributed by atoms with Crippen molar-refractivity contribution in [3.05, 3.63) is 23.8 Å². The molecule has 4 heterocycles. The number of hydrogen-bond donors (Lipinski definition) is 11. The molecule has 0 radical (unpaired) electrons. The van der Waals surface area contributed by atoms with E-state index in [1.54, 1.807) is 13.8 Å². The van der Waals surface area contributed by atoms with E-state index in [1.165, 1.54) is 25.1 Å². The molecule has 25 heteroatoms. The van der Waals surface area contributed by atoms with Crippen molar-refractivity contribution in [1.29, 1.82) is 0 Å². The summed E-state index contributed by atoms with van der Waals surface area (Å²) in [5, 5.41) is 45.7. The second-order valence-corrected chi connectivity index (χ2v) is 21.0. The van der Waals surface area contributed by atoms with Gasteiger partial charge in [-0.25, -0.2) is 0 Å². The number of aliphatic hydroxyl groups excluding tert-OH is 2. The molecule has 74 heavy (non-hydrogen) atoms. The lowest BCUT2D eigenvalue weighted by atomic mass is 9.85. The number of carbonyl (C=O) groups is 10. The van der Waals surface area contributed by atoms with Crippen molar-refractivity contribution < 1.29 is 72.2 Å². The molecular formula is C49H71N9O15S. The van der Waals surface area contributed by atoms with Gasteiger partial charge in [0.2, 0.25) is 41.4 Å². The van der Waals surface area contributed by atoms with E-state index in [-0.39, 0.29) is 34.7 Å². The zero-order chi connectivity index (χ0) is 54.4. The van der Waals surface area contributed by atoms with Gasteiger partial charge in [-0.1, -0.05) is 46.5 Å². The molecule has 1 aromatic carbocycles. The Hall–Kier alpha value is -6.31. The minimum atomic E-state index is -2.34. The maximum absolute atomic E-state index is 15.0. The summed E-state index contributed by atoms with van der Waals surface area (Å²) < 4.78 is 20.2. The van der Waals surface area contributed by atoms with Gasteiger partial charge < -0.3 is 68.0 Å². The second-order valence-electron chi connectivity index (χ2n) is 19.6. The third kappa shape index (κ3) is 15.9. The predicted molar refractivity (Wildman–Crippen MR) is 265 cm³/mol. The first-order valence-corrected chi connectivity index (χ1v) is 26.5. The van der Waals surface area contributed by atoms with Gasteiger partial charge >= 0.3 is 5.97 Å². The molecule has 0 spiro atoms. The molecule has 3 unspecified atom stereocenters. The predicted octanol–water partition coefficient (Wildman–Crippen LogP) is -1.89. The number of unbranched alkanes of at least 4 members (excludes halogenated alkanes) is 4. The number of ether oxygens (including phenoxy) is 1. The highest BCUT2D eigenvalue weighted by Crippen LogP contribution is 2.33. The van der Waals surface area contributed by atoms with Crippen molar-refractivity contribution >= 4 is 80.6 Å². The van der Waals surface area contributed by atoms with Crippen LogP contribution in [0.1, 0.15) is 97.0 Å². The molecule has 2 bridgehead atoms. The fourth-order valence-electron chi connectivity index (χ4n) is 9.44. The van der Waals surface area contributed by atoms with Crippen LogP contribution >= 0.6 is 0 Å². The number of nitrogens with two attached hydrogens (primary N) is 2. The van der Waals surface area contributed by atoms with E-state index in [0.29, 0.717) is 24.8 Å². The van der Waals surface area contributed by atoms with Crippen LogP contribution < -0.4 is 38.1 Å². The zero-order valence-corrected chi connectivity index (χ0v) is 42.8. The van der Waals surface area contributed by atoms with E-state index in [9.17, 15) is 67.5 Å². The molecule has 0 saturated carbocycles. The molecule has 2 aromatic rings. The highest BCUT2D eigenvalue weighted by molar-refractivity contribution is 7.85. The molecule has 13 N–H and O–H groups in total. The first-order valence-electron chi connectivity index (χ1n) is 25.1. The molecule has 1 aromatic heterocycles. The Kier molecular flexibility index (Phi) is 21.6. The molecule has 7 amide bonds. The number of esters is 1. The van der Waals surface area contributed by atoms with Crippen LogP contribution in [-0.4, -0.2) is 163 Å². The number of benzene rings is 1. The van der Waals surface area contributed by atoms with Crippen LogP contribution in [0.2, 0.25) is 0 Å². The standard InChI is InChI=1S/C49H71N9O15S/c1-4-25(2)43-47(70)53-20-40(65)54-34-24-74(72)48-32(31-12-11-29(59)18-33(31)55-48)14-27(45(68)52-21-41(66)56-43)15-37(62)44(26(3)38(63)23-73-42(67)10-8-6-5-7-9-13-50)57-46(69)35-19-30(60)22-58(35)49(71)28(16-36(34)61)17-39(51)64/h11-12,18,25-28,30,34-35,38,43-44,55,59-60,63H,4-10,13-17,19-24,50H2,1-3H3,(H2,51,64)(H,52,68)(H,53,70)(H,54,65)(H,56,66)(H,57,69)/t25-,26-,27?,28-,30?,34?,35-,38-,43-,44-,74+/m0/s1. The fraction of sp³-hybridized carbons (Fsp3) is 0.633. The molecule has 11 atom stereocenters. The molecule has 0 aliphatic carbocycles. The highest BCUT2D eigenvalue weighted by Gasteiger charge is 2.45. The maximum Gasteiger partial charge on any atom is 0.305 e. The van der Waals surface area contributed by atoms with Gasteiger partial charge in [-0.2, -0.15) is 0 Å². The molecule has 5 rings (SSSR count). The number of phenols is 1. The lowest BCUT2D eigenvalue weighted by Crippen LogP contribution is -2.56. The lowest BCUT2D eigenvalue weighted by molar-refractivity contribution is -0.149. The van der Waals surface area contributed by atoms with Crippen molar-refractivity contribution in [1.82, 2.24) is 36.5 Å². The van der Waals surface area contributed by atoms with Gasteiger partial charge in [-0.3, -0.25) is 52.2 Å². The summed E-state index contributed by atoms with van der Waals surface area (Å²) in [6.07, 6.45) is -1.84. The molecule has 3 aliphatic rings. The maximum atomic E-state index is 15.0. The van der Waals surface area contributed by atoms with Gasteiger partial charge in [0.1, 0.15) is 29.5 Å². The summed E-state index contributed by atoms with van der Waals surface area (Å²) in [6.45, 7) is 2.79. The lowest BCUT2D eigenvalue weighted by Gasteiger charge is -2.32. The molecule has 1 fully saturated rings. The van der Waals surface area contributed by atoms with Crippen LogP contribution in [0.25, 0.3) is 10.9 Å². The minimum Gasteiger partial charge on any atom is -0.508 e. The normalized spacial score (nSPS) is 26.4. The van der Waals surface area contributed by atoms with Gasteiger partial charge in [0.25, 0.3) is 0 Å². The number of hydrogen-bond acceptors (Lipinski definition) is 16. The van der Waals surface area contributed by atoms with E-state index in [0.717, 1.165) is 30.6 Å². The van der Waals surface area contributed by atoms with E-state index in [2.05, 4.69) is 31.6 Å². The van der Waals surface area contributed by atoms with Gasteiger partial charge in [0.05, 0.1) is 65.4 Å². The molecule has 24 nitrogen and oxygen atoms in total. The Morgan fingerprint density at radius 3 is 2.23 bits per heavy atom. The Bertz CT molecular complexity index is 2450. The number of aliphatic hydroxyl groups is 2. The smallest absolute Gasteiger partial charge is 0.305 e. The number of fused-ring (bicyclic) bond motifs is 5. The summed E-state index contributed by atoms with van der Waals surface area (Å²) in [4.78, 5) is 143. The molecule has 3 aliphatic heterocycles. The first kappa shape index (κ1) is 58.6. The van der Waals surface area contributed by atoms with Gasteiger partial charge in [-0.05, 0) is 49.4 Å². The average Bonchev–Trinajstić information content (AvgIpc) is 3.93. The van der Waals surface area contributed by atoms with Gasteiger partial charge in [0.15, 0.2) is 11.6 Å². The Balaban J connectivity index is 1.65. The summed E-state index contributed by atoms with van der Waals surface area (Å²) in [5.74, 6) is -14.7. The minimum absolute atomic E-state index is 0.0366. The Labute approximate surface area is 430 Å². The number of Topliss-reactive ketones (excluding diaryl/α,β-unsaturated/α-hetero) is 2. The number of primary amides is 1. The largest absolute Gasteiger partial charge is 0.508 e. The fourth-order valence-corrected chi connectivity index (χ4v) is 10.9. The monoisotopic (exact) mass is 1060 g/mol. The van der Waals surface area contributed by atoms with Crippen molar-refractivity contribution in [3.8, 4) is 5.75 Å². The second kappa shape index (κ2) is 27.3. The number of aromatic nitrogens is 1. The molecular weight excluding hydrogens is 987 g/mol. The third-order valence-electron chi connectivity index (χ3n) is 13.9. The third-order valence-corrected chi connectivity index (χ3v) is 15.4. The van der Waals surface area contributed by atoms with E-state index in [1.807, 2.05) is 0 Å². The van der Waals surface area contributed by atoms with Gasteiger partial charge in [-0.15, -0.1) is 0 Å². The molecule has 408 valence electrons. The van der Waals surface area contributed by atoms with Crippen molar-refractivity contribution in [2.75, 3.05) is 38.5 Å². The van der Waals surface area contributed by atoms with Crippen LogP contribution in [0.4, 0.5) is 0 Å². The van der Waals surface area contributed by atoms with Crippen LogP contribution in [-0.2, 0) is 69.9 Å². The number of aromatic amines is 1. The van der Waals surface area contributed by atoms with E-state index >= 15 is 0 Å². The highest BCUT2D eigenvalue weighted by atomic mass is 32.2. The van der Waals surface area contributed by atoms with Crippen LogP contribution in [0.15, 0.2) is 23.2 Å². The van der Waals surface area contributed by atoms with E-state index < -0.39 is 187 Å². The summed E-state index contributed by atoms with van der Waals surface area (Å²) in [5.41, 5.74) is 11.5. The number of ketones is 2.